The topological polar surface area (TPSA) is 50.4 Å². The van der Waals surface area contributed by atoms with Crippen LogP contribution < -0.4 is 10.6 Å². The monoisotopic (exact) mass is 284 g/mol. The average Bonchev–Trinajstić information content (AvgIpc) is 2.66. The molecule has 0 bridgehead atoms. The summed E-state index contributed by atoms with van der Waals surface area (Å²) in [4.78, 5) is 11.6. The van der Waals surface area contributed by atoms with E-state index < -0.39 is 0 Å². The van der Waals surface area contributed by atoms with Crippen LogP contribution in [0.25, 0.3) is 0 Å². The Hall–Kier alpha value is -1.26. The van der Waals surface area contributed by atoms with Crippen molar-refractivity contribution in [2.75, 3.05) is 13.1 Å². The molecule has 2 rings (SSSR count). The van der Waals surface area contributed by atoms with Gasteiger partial charge in [0, 0.05) is 6.04 Å². The van der Waals surface area contributed by atoms with Gasteiger partial charge < -0.3 is 15.4 Å². The standard InChI is InChI=1S/C14H20N2O2.ClH/c17-14(16-13-7-4-9-15-10-8-13)18-11-12-5-2-1-3-6-12;/h1-3,5-6,13,15H,4,7-11H2,(H,16,17);1H. The Kier molecular flexibility index (Phi) is 7.30. The summed E-state index contributed by atoms with van der Waals surface area (Å²) < 4.78 is 5.20. The Morgan fingerprint density at radius 1 is 1.26 bits per heavy atom. The maximum Gasteiger partial charge on any atom is 0.407 e. The molecule has 1 atom stereocenters. The van der Waals surface area contributed by atoms with E-state index in [1.54, 1.807) is 0 Å². The van der Waals surface area contributed by atoms with E-state index in [-0.39, 0.29) is 24.5 Å². The molecule has 19 heavy (non-hydrogen) atoms. The first-order chi connectivity index (χ1) is 8.84. The number of hydrogen-bond donors (Lipinski definition) is 2. The van der Waals surface area contributed by atoms with Crippen molar-refractivity contribution in [1.82, 2.24) is 10.6 Å². The average molecular weight is 285 g/mol. The molecule has 0 aliphatic carbocycles. The number of nitrogens with one attached hydrogen (secondary N) is 2. The Bertz CT molecular complexity index is 365. The molecule has 106 valence electrons. The van der Waals surface area contributed by atoms with Gasteiger partial charge in [-0.25, -0.2) is 4.79 Å². The molecule has 1 heterocycles. The number of carbonyl (C=O) groups excluding carboxylic acids is 1. The highest BCUT2D eigenvalue weighted by Gasteiger charge is 2.14. The van der Waals surface area contributed by atoms with Crippen LogP contribution in [0, 0.1) is 0 Å². The second kappa shape index (κ2) is 8.77. The van der Waals surface area contributed by atoms with Crippen molar-refractivity contribution >= 4 is 18.5 Å². The quantitative estimate of drug-likeness (QED) is 0.896. The number of ether oxygens (including phenoxy) is 1. The minimum atomic E-state index is -0.314. The molecule has 1 aliphatic rings. The maximum absolute atomic E-state index is 11.6. The molecule has 1 aliphatic heterocycles. The first-order valence-corrected chi connectivity index (χ1v) is 6.52. The van der Waals surface area contributed by atoms with Gasteiger partial charge in [-0.3, -0.25) is 0 Å². The number of benzene rings is 1. The fraction of sp³-hybridized carbons (Fsp3) is 0.500. The molecule has 1 amide bonds. The molecule has 4 nitrogen and oxygen atoms in total. The van der Waals surface area contributed by atoms with Crippen LogP contribution in [0.4, 0.5) is 4.79 Å². The predicted molar refractivity (Wildman–Crippen MR) is 77.5 cm³/mol. The normalized spacial score (nSPS) is 18.8. The van der Waals surface area contributed by atoms with Gasteiger partial charge in [0.2, 0.25) is 0 Å². The molecule has 1 aromatic rings. The van der Waals surface area contributed by atoms with Gasteiger partial charge in [-0.15, -0.1) is 12.4 Å². The van der Waals surface area contributed by atoms with Gasteiger partial charge in [-0.05, 0) is 37.9 Å². The minimum absolute atomic E-state index is 0. The van der Waals surface area contributed by atoms with Crippen LogP contribution in [-0.2, 0) is 11.3 Å². The summed E-state index contributed by atoms with van der Waals surface area (Å²) in [5.41, 5.74) is 1.01. The summed E-state index contributed by atoms with van der Waals surface area (Å²) in [6, 6.07) is 9.96. The molecule has 0 aromatic heterocycles. The number of amides is 1. The number of alkyl carbamates (subject to hydrolysis) is 1. The van der Waals surface area contributed by atoms with Crippen molar-refractivity contribution in [3.05, 3.63) is 35.9 Å². The lowest BCUT2D eigenvalue weighted by molar-refractivity contribution is 0.135. The zero-order chi connectivity index (χ0) is 12.6. The first kappa shape index (κ1) is 15.8. The Morgan fingerprint density at radius 3 is 2.84 bits per heavy atom. The van der Waals surface area contributed by atoms with Crippen LogP contribution in [0.3, 0.4) is 0 Å². The molecular weight excluding hydrogens is 264 g/mol. The Labute approximate surface area is 120 Å². The number of halogens is 1. The fourth-order valence-electron chi connectivity index (χ4n) is 2.09. The Balaban J connectivity index is 0.00000180. The van der Waals surface area contributed by atoms with Crippen LogP contribution in [-0.4, -0.2) is 25.2 Å². The highest BCUT2D eigenvalue weighted by atomic mass is 35.5. The molecule has 0 spiro atoms. The van der Waals surface area contributed by atoms with Gasteiger partial charge in [0.05, 0.1) is 0 Å². The number of carbonyl (C=O) groups is 1. The maximum atomic E-state index is 11.6. The van der Waals surface area contributed by atoms with E-state index in [1.165, 1.54) is 0 Å². The molecule has 1 fully saturated rings. The highest BCUT2D eigenvalue weighted by Crippen LogP contribution is 2.06. The van der Waals surface area contributed by atoms with Crippen molar-refractivity contribution in [2.24, 2.45) is 0 Å². The van der Waals surface area contributed by atoms with Crippen molar-refractivity contribution < 1.29 is 9.53 Å². The van der Waals surface area contributed by atoms with Crippen LogP contribution in [0.1, 0.15) is 24.8 Å². The van der Waals surface area contributed by atoms with Gasteiger partial charge in [-0.1, -0.05) is 30.3 Å². The Morgan fingerprint density at radius 2 is 2.05 bits per heavy atom. The SMILES string of the molecule is Cl.O=C(NC1CCCNCC1)OCc1ccccc1. The molecule has 1 unspecified atom stereocenters. The summed E-state index contributed by atoms with van der Waals surface area (Å²) >= 11 is 0. The van der Waals surface area contributed by atoms with Crippen LogP contribution in [0.5, 0.6) is 0 Å². The van der Waals surface area contributed by atoms with Gasteiger partial charge in [-0.2, -0.15) is 0 Å². The van der Waals surface area contributed by atoms with E-state index in [1.807, 2.05) is 30.3 Å². The van der Waals surface area contributed by atoms with Crippen LogP contribution in [0.15, 0.2) is 30.3 Å². The van der Waals surface area contributed by atoms with E-state index >= 15 is 0 Å². The van der Waals surface area contributed by atoms with E-state index in [0.717, 1.165) is 37.9 Å². The van der Waals surface area contributed by atoms with E-state index in [0.29, 0.717) is 6.61 Å². The third kappa shape index (κ3) is 5.94. The van der Waals surface area contributed by atoms with Crippen molar-refractivity contribution in [2.45, 2.75) is 31.9 Å². The number of hydrogen-bond acceptors (Lipinski definition) is 3. The molecule has 2 N–H and O–H groups in total. The van der Waals surface area contributed by atoms with Crippen molar-refractivity contribution in [3.8, 4) is 0 Å². The van der Waals surface area contributed by atoms with Crippen LogP contribution in [0.2, 0.25) is 0 Å². The molecule has 0 saturated carbocycles. The highest BCUT2D eigenvalue weighted by molar-refractivity contribution is 5.85. The smallest absolute Gasteiger partial charge is 0.407 e. The molecule has 0 radical (unpaired) electrons. The largest absolute Gasteiger partial charge is 0.445 e. The predicted octanol–water partition coefficient (Wildman–Crippen LogP) is 2.48. The summed E-state index contributed by atoms with van der Waals surface area (Å²) in [5, 5.41) is 6.24. The lowest BCUT2D eigenvalue weighted by atomic mass is 10.1. The number of rotatable bonds is 3. The molecule has 1 aromatic carbocycles. The third-order valence-corrected chi connectivity index (χ3v) is 3.11. The zero-order valence-electron chi connectivity index (χ0n) is 10.9. The lowest BCUT2D eigenvalue weighted by Crippen LogP contribution is -2.35. The van der Waals surface area contributed by atoms with Crippen LogP contribution >= 0.6 is 12.4 Å². The summed E-state index contributed by atoms with van der Waals surface area (Å²) in [7, 11) is 0. The second-order valence-electron chi connectivity index (χ2n) is 4.58. The zero-order valence-corrected chi connectivity index (χ0v) is 11.7. The van der Waals surface area contributed by atoms with Gasteiger partial charge in [0.15, 0.2) is 0 Å². The van der Waals surface area contributed by atoms with Gasteiger partial charge in [0.1, 0.15) is 6.61 Å². The van der Waals surface area contributed by atoms with E-state index in [2.05, 4.69) is 10.6 Å². The van der Waals surface area contributed by atoms with Crippen molar-refractivity contribution in [1.29, 1.82) is 0 Å². The lowest BCUT2D eigenvalue weighted by Gasteiger charge is -2.15. The van der Waals surface area contributed by atoms with E-state index in [4.69, 9.17) is 4.74 Å². The summed E-state index contributed by atoms with van der Waals surface area (Å²) in [6.07, 6.45) is 2.78. The molecular formula is C14H21ClN2O2. The van der Waals surface area contributed by atoms with Crippen molar-refractivity contribution in [3.63, 3.8) is 0 Å². The molecule has 5 heteroatoms. The summed E-state index contributed by atoms with van der Waals surface area (Å²) in [6.45, 7) is 2.33. The second-order valence-corrected chi connectivity index (χ2v) is 4.58. The third-order valence-electron chi connectivity index (χ3n) is 3.11. The van der Waals surface area contributed by atoms with E-state index in [9.17, 15) is 4.79 Å². The first-order valence-electron chi connectivity index (χ1n) is 6.52. The van der Waals surface area contributed by atoms with Gasteiger partial charge in [0.25, 0.3) is 0 Å². The van der Waals surface area contributed by atoms with Gasteiger partial charge >= 0.3 is 6.09 Å². The fourth-order valence-corrected chi connectivity index (χ4v) is 2.09. The minimum Gasteiger partial charge on any atom is -0.445 e. The summed E-state index contributed by atoms with van der Waals surface area (Å²) in [5.74, 6) is 0. The molecule has 1 saturated heterocycles.